The lowest BCUT2D eigenvalue weighted by atomic mass is 10.1. The molecule has 2 aromatic carbocycles. The first-order valence-electron chi connectivity index (χ1n) is 7.69. The van der Waals surface area contributed by atoms with Gasteiger partial charge < -0.3 is 10.2 Å². The van der Waals surface area contributed by atoms with Crippen molar-refractivity contribution in [1.82, 2.24) is 0 Å². The number of rotatable bonds is 4. The monoisotopic (exact) mass is 375 g/mol. The molecule has 0 radical (unpaired) electrons. The molecule has 1 N–H and O–H groups in total. The summed E-state index contributed by atoms with van der Waals surface area (Å²) >= 11 is 3.35. The number of nitro benzene ring substituents is 1. The van der Waals surface area contributed by atoms with Crippen molar-refractivity contribution in [2.24, 2.45) is 0 Å². The van der Waals surface area contributed by atoms with Crippen LogP contribution >= 0.6 is 15.9 Å². The second-order valence-corrected chi connectivity index (χ2v) is 6.55. The van der Waals surface area contributed by atoms with Gasteiger partial charge in [0.2, 0.25) is 0 Å². The third-order valence-corrected chi connectivity index (χ3v) is 4.52. The lowest BCUT2D eigenvalue weighted by molar-refractivity contribution is -0.383. The zero-order valence-corrected chi connectivity index (χ0v) is 14.3. The molecule has 1 aliphatic rings. The first-order valence-corrected chi connectivity index (χ1v) is 8.49. The molecule has 0 aromatic heterocycles. The summed E-state index contributed by atoms with van der Waals surface area (Å²) in [6.07, 6.45) is 3.79. The van der Waals surface area contributed by atoms with Gasteiger partial charge in [-0.1, -0.05) is 15.9 Å². The van der Waals surface area contributed by atoms with E-state index in [4.69, 9.17) is 0 Å². The van der Waals surface area contributed by atoms with Crippen molar-refractivity contribution in [3.8, 4) is 0 Å². The van der Waals surface area contributed by atoms with Gasteiger partial charge in [0, 0.05) is 35.0 Å². The molecule has 0 unspecified atom stereocenters. The van der Waals surface area contributed by atoms with Crippen molar-refractivity contribution < 1.29 is 4.92 Å². The predicted molar refractivity (Wildman–Crippen MR) is 96.6 cm³/mol. The second-order valence-electron chi connectivity index (χ2n) is 5.64. The molecule has 1 heterocycles. The van der Waals surface area contributed by atoms with Crippen molar-refractivity contribution in [2.45, 2.75) is 19.3 Å². The van der Waals surface area contributed by atoms with Crippen LogP contribution < -0.4 is 10.2 Å². The van der Waals surface area contributed by atoms with Gasteiger partial charge in [0.25, 0.3) is 5.69 Å². The molecule has 2 aromatic rings. The molecular weight excluding hydrogens is 358 g/mol. The SMILES string of the molecule is O=[N+]([O-])c1ccc(Br)cc1Nc1ccc(N2CCCCC2)cc1. The van der Waals surface area contributed by atoms with E-state index in [1.54, 1.807) is 12.1 Å². The van der Waals surface area contributed by atoms with E-state index >= 15 is 0 Å². The Hall–Kier alpha value is -2.08. The topological polar surface area (TPSA) is 58.4 Å². The smallest absolute Gasteiger partial charge is 0.292 e. The number of nitro groups is 1. The molecule has 120 valence electrons. The summed E-state index contributed by atoms with van der Waals surface area (Å²) < 4.78 is 0.801. The summed E-state index contributed by atoms with van der Waals surface area (Å²) in [7, 11) is 0. The highest BCUT2D eigenvalue weighted by atomic mass is 79.9. The number of anilines is 3. The van der Waals surface area contributed by atoms with Crippen LogP contribution in [0.25, 0.3) is 0 Å². The highest BCUT2D eigenvalue weighted by Gasteiger charge is 2.14. The van der Waals surface area contributed by atoms with E-state index in [0.29, 0.717) is 5.69 Å². The molecule has 1 aliphatic heterocycles. The van der Waals surface area contributed by atoms with E-state index < -0.39 is 0 Å². The minimum absolute atomic E-state index is 0.0632. The number of nitrogens with one attached hydrogen (secondary N) is 1. The highest BCUT2D eigenvalue weighted by molar-refractivity contribution is 9.10. The van der Waals surface area contributed by atoms with Gasteiger partial charge in [0.15, 0.2) is 0 Å². The van der Waals surface area contributed by atoms with Gasteiger partial charge in [-0.2, -0.15) is 0 Å². The molecule has 0 saturated carbocycles. The third kappa shape index (κ3) is 3.82. The Balaban J connectivity index is 1.78. The molecule has 1 fully saturated rings. The summed E-state index contributed by atoms with van der Waals surface area (Å²) in [5, 5.41) is 14.3. The van der Waals surface area contributed by atoms with Crippen molar-refractivity contribution in [3.63, 3.8) is 0 Å². The van der Waals surface area contributed by atoms with E-state index in [1.165, 1.54) is 31.0 Å². The van der Waals surface area contributed by atoms with Crippen LogP contribution in [0.4, 0.5) is 22.7 Å². The Morgan fingerprint density at radius 2 is 1.74 bits per heavy atom. The molecule has 0 aliphatic carbocycles. The van der Waals surface area contributed by atoms with Crippen LogP contribution in [0.3, 0.4) is 0 Å². The van der Waals surface area contributed by atoms with Crippen LogP contribution in [-0.4, -0.2) is 18.0 Å². The molecule has 3 rings (SSSR count). The zero-order chi connectivity index (χ0) is 16.2. The molecule has 6 heteroatoms. The van der Waals surface area contributed by atoms with Crippen LogP contribution in [0.1, 0.15) is 19.3 Å². The lowest BCUT2D eigenvalue weighted by Crippen LogP contribution is -2.29. The Bertz CT molecular complexity index is 697. The highest BCUT2D eigenvalue weighted by Crippen LogP contribution is 2.31. The summed E-state index contributed by atoms with van der Waals surface area (Å²) in [5.74, 6) is 0. The third-order valence-electron chi connectivity index (χ3n) is 4.02. The van der Waals surface area contributed by atoms with Gasteiger partial charge in [0.1, 0.15) is 5.69 Å². The van der Waals surface area contributed by atoms with Crippen LogP contribution in [0, 0.1) is 10.1 Å². The Morgan fingerprint density at radius 1 is 1.04 bits per heavy atom. The number of benzene rings is 2. The summed E-state index contributed by atoms with van der Waals surface area (Å²) in [5.41, 5.74) is 2.59. The van der Waals surface area contributed by atoms with E-state index in [1.807, 2.05) is 12.1 Å². The van der Waals surface area contributed by atoms with Crippen LogP contribution in [0.15, 0.2) is 46.9 Å². The fourth-order valence-electron chi connectivity index (χ4n) is 2.83. The van der Waals surface area contributed by atoms with Crippen molar-refractivity contribution in [3.05, 3.63) is 57.1 Å². The minimum Gasteiger partial charge on any atom is -0.372 e. The number of hydrogen-bond acceptors (Lipinski definition) is 4. The summed E-state index contributed by atoms with van der Waals surface area (Å²) in [6, 6.07) is 13.0. The molecule has 0 bridgehead atoms. The molecular formula is C17H18BrN3O2. The summed E-state index contributed by atoms with van der Waals surface area (Å²) in [6.45, 7) is 2.20. The number of hydrogen-bond donors (Lipinski definition) is 1. The van der Waals surface area contributed by atoms with Crippen LogP contribution in [0.5, 0.6) is 0 Å². The van der Waals surface area contributed by atoms with Gasteiger partial charge >= 0.3 is 0 Å². The first-order chi connectivity index (χ1) is 11.1. The molecule has 1 saturated heterocycles. The maximum atomic E-state index is 11.1. The molecule has 5 nitrogen and oxygen atoms in total. The standard InChI is InChI=1S/C17H18BrN3O2/c18-13-4-9-17(21(22)23)16(12-13)19-14-5-7-15(8-6-14)20-10-2-1-3-11-20/h4-9,12,19H,1-3,10-11H2. The lowest BCUT2D eigenvalue weighted by Gasteiger charge is -2.28. The molecule has 0 amide bonds. The van der Waals surface area contributed by atoms with E-state index in [9.17, 15) is 10.1 Å². The average Bonchev–Trinajstić information content (AvgIpc) is 2.56. The van der Waals surface area contributed by atoms with Gasteiger partial charge in [-0.3, -0.25) is 10.1 Å². The maximum absolute atomic E-state index is 11.1. The van der Waals surface area contributed by atoms with E-state index in [-0.39, 0.29) is 10.6 Å². The number of nitrogens with zero attached hydrogens (tertiary/aromatic N) is 2. The Labute approximate surface area is 143 Å². The number of halogens is 1. The Kier molecular flexibility index (Phi) is 4.81. The average molecular weight is 376 g/mol. The zero-order valence-electron chi connectivity index (χ0n) is 12.7. The van der Waals surface area contributed by atoms with Crippen molar-refractivity contribution in [2.75, 3.05) is 23.3 Å². The van der Waals surface area contributed by atoms with Gasteiger partial charge in [-0.05, 0) is 55.7 Å². The molecule has 0 spiro atoms. The quantitative estimate of drug-likeness (QED) is 0.596. The van der Waals surface area contributed by atoms with E-state index in [2.05, 4.69) is 38.3 Å². The normalized spacial score (nSPS) is 14.6. The Morgan fingerprint density at radius 3 is 2.39 bits per heavy atom. The maximum Gasteiger partial charge on any atom is 0.292 e. The molecule has 0 atom stereocenters. The minimum atomic E-state index is -0.378. The fourth-order valence-corrected chi connectivity index (χ4v) is 3.19. The fraction of sp³-hybridized carbons (Fsp3) is 0.294. The second kappa shape index (κ2) is 7.00. The van der Waals surface area contributed by atoms with E-state index in [0.717, 1.165) is 23.2 Å². The largest absolute Gasteiger partial charge is 0.372 e. The van der Waals surface area contributed by atoms with Crippen LogP contribution in [-0.2, 0) is 0 Å². The van der Waals surface area contributed by atoms with Gasteiger partial charge in [-0.25, -0.2) is 0 Å². The number of piperidine rings is 1. The van der Waals surface area contributed by atoms with Gasteiger partial charge in [0.05, 0.1) is 4.92 Å². The van der Waals surface area contributed by atoms with Crippen LogP contribution in [0.2, 0.25) is 0 Å². The summed E-state index contributed by atoms with van der Waals surface area (Å²) in [4.78, 5) is 13.1. The molecule has 23 heavy (non-hydrogen) atoms. The first kappa shape index (κ1) is 15.8. The van der Waals surface area contributed by atoms with Gasteiger partial charge in [-0.15, -0.1) is 0 Å². The predicted octanol–water partition coefficient (Wildman–Crippen LogP) is 5.09. The van der Waals surface area contributed by atoms with Crippen molar-refractivity contribution >= 4 is 38.7 Å². The van der Waals surface area contributed by atoms with Crippen molar-refractivity contribution in [1.29, 1.82) is 0 Å².